The molecule has 0 saturated carbocycles. The zero-order valence-corrected chi connectivity index (χ0v) is 88.3. The molecule has 0 spiro atoms. The van der Waals surface area contributed by atoms with Crippen LogP contribution in [-0.4, -0.2) is 40.9 Å². The van der Waals surface area contributed by atoms with E-state index < -0.39 is 10.9 Å². The van der Waals surface area contributed by atoms with E-state index in [1.54, 1.807) is 20.8 Å². The zero-order chi connectivity index (χ0) is 99.6. The number of rotatable bonds is 19. The van der Waals surface area contributed by atoms with Crippen molar-refractivity contribution in [3.8, 4) is 78.1 Å². The van der Waals surface area contributed by atoms with Crippen molar-refractivity contribution in [1.82, 2.24) is 9.13 Å². The van der Waals surface area contributed by atoms with Gasteiger partial charge in [-0.3, -0.25) is 4.79 Å². The molecule has 26 rings (SSSR count). The van der Waals surface area contributed by atoms with E-state index in [0.717, 1.165) is 162 Å². The zero-order valence-electron chi connectivity index (χ0n) is 82.7. The Kier molecular flexibility index (Phi) is 27.7. The fraction of sp³-hybridized carbons (Fsp3) is 0.0593. The number of para-hydroxylation sites is 8. The minimum absolute atomic E-state index is 0. The monoisotopic (exact) mass is 2020 g/mol. The van der Waals surface area contributed by atoms with Gasteiger partial charge >= 0.3 is 186 Å². The number of halogens is 1. The fourth-order valence-corrected chi connectivity index (χ4v) is 26.2. The Morgan fingerprint density at radius 2 is 0.520 bits per heavy atom. The molecule has 712 valence electrons. The fourth-order valence-electron chi connectivity index (χ4n) is 20.6. The van der Waals surface area contributed by atoms with Crippen molar-refractivity contribution in [2.24, 2.45) is 0 Å². The summed E-state index contributed by atoms with van der Waals surface area (Å²) in [5.74, 6) is 0. The number of carbonyl (C=O) groups is 1. The number of furan rings is 2. The minimum Gasteiger partial charge on any atom is -0.455 e. The summed E-state index contributed by atoms with van der Waals surface area (Å²) in [7, 11) is 0. The van der Waals surface area contributed by atoms with Crippen molar-refractivity contribution in [2.45, 2.75) is 32.7 Å². The first-order chi connectivity index (χ1) is 72.0. The summed E-state index contributed by atoms with van der Waals surface area (Å²) in [6, 6.07) is 183. The summed E-state index contributed by atoms with van der Waals surface area (Å²) < 4.78 is 28.9. The Labute approximate surface area is 911 Å². The molecule has 1 fully saturated rings. The maximum atomic E-state index is 11.1. The number of anilines is 6. The number of hydrogen-bond donors (Lipinski definition) is 0. The average molecular weight is 2030 g/mol. The number of ether oxygens (including phenoxy) is 2. The molecule has 10 nitrogen and oxygen atoms in total. The second-order valence-electron chi connectivity index (χ2n) is 38.3. The quantitative estimate of drug-likeness (QED) is 0.0448. The van der Waals surface area contributed by atoms with Crippen LogP contribution in [0.1, 0.15) is 43.0 Å². The summed E-state index contributed by atoms with van der Waals surface area (Å²) in [6.45, 7) is 8.54. The molecule has 148 heavy (non-hydrogen) atoms. The number of aldehydes is 1. The van der Waals surface area contributed by atoms with E-state index >= 15 is 0 Å². The van der Waals surface area contributed by atoms with E-state index in [9.17, 15) is 9.90 Å². The largest absolute Gasteiger partial charge is 1.00 e. The molecule has 0 bridgehead atoms. The molecular weight excluding hydrogens is 1920 g/mol. The minimum atomic E-state index is -2.56. The molecule has 0 radical (unpaired) electrons. The molecule has 0 aliphatic carbocycles. The molecule has 13 heteroatoms. The molecule has 4 aromatic heterocycles. The molecule has 1 saturated heterocycles. The van der Waals surface area contributed by atoms with Crippen molar-refractivity contribution < 1.29 is 79.6 Å². The Bertz CT molecular complexity index is 8810. The van der Waals surface area contributed by atoms with Crippen molar-refractivity contribution in [1.29, 1.82) is 0 Å². The first-order valence-corrected chi connectivity index (χ1v) is 54.5. The van der Waals surface area contributed by atoms with Crippen LogP contribution in [0.15, 0.2) is 524 Å². The van der Waals surface area contributed by atoms with Gasteiger partial charge in [-0.1, -0.05) is 312 Å². The molecule has 25 aromatic rings. The van der Waals surface area contributed by atoms with Crippen molar-refractivity contribution in [2.75, 3.05) is 29.7 Å². The smallest absolute Gasteiger partial charge is 0.455 e. The molecule has 0 atom stereocenters. The van der Waals surface area contributed by atoms with Gasteiger partial charge in [-0.15, -0.1) is 5.60 Å². The third-order valence-electron chi connectivity index (χ3n) is 27.9. The van der Waals surface area contributed by atoms with Gasteiger partial charge in [-0.05, 0) is 189 Å². The molecule has 0 unspecified atom stereocenters. The number of benzene rings is 21. The molecule has 0 amide bonds. The molecule has 0 N–H and O–H groups in total. The average Bonchev–Trinajstić information content (AvgIpc) is 0.965. The summed E-state index contributed by atoms with van der Waals surface area (Å²) in [5, 5.41) is 21.1. The second kappa shape index (κ2) is 42.2. The number of hydrogen-bond acceptors (Lipinski definition) is 8. The third-order valence-corrected chi connectivity index (χ3v) is 36.2. The Balaban J connectivity index is 0.000000135. The number of fused-ring (bicyclic) bond motifs is 12. The van der Waals surface area contributed by atoms with Crippen LogP contribution in [0.25, 0.3) is 166 Å². The van der Waals surface area contributed by atoms with Crippen molar-refractivity contribution >= 4 is 165 Å². The molecular formula is C135H103BrKN4O6P. The molecule has 21 aromatic carbocycles. The first kappa shape index (κ1) is 97.3. The van der Waals surface area contributed by atoms with Gasteiger partial charge in [-0.2, -0.15) is 0 Å². The Morgan fingerprint density at radius 3 is 0.818 bits per heavy atom. The SMILES string of the molecule is CC(C)(C)[O-].CP(Br)(c1ccccc1)(c1ccccc1)c1ccccc1.O=Cc1ccc(-c2ccc(-c3ccc(N(c4ccc(-c5cccc6c5oc5ccccc56)cc4)c4ccc(-n5c6ccccc6c6ccccc65)cc4)cc3)cc2)cc1.[K+].c1ccc2c(c1)oc1c(-c3ccc(N(c4ccc(-c5ccc(-c6ccc(C7OCCO7)cc6)cc5)cc4)c4ccc(-n5c6ccccc6c6ccccc65)cc4)cc3)cccc12. The van der Waals surface area contributed by atoms with Gasteiger partial charge in [0.1, 0.15) is 28.6 Å². The maximum Gasteiger partial charge on any atom is 1.00 e. The van der Waals surface area contributed by atoms with Gasteiger partial charge in [0.25, 0.3) is 0 Å². The summed E-state index contributed by atoms with van der Waals surface area (Å²) in [5.41, 5.74) is 31.4. The Hall–Kier alpha value is -15.5. The predicted molar refractivity (Wildman–Crippen MR) is 618 cm³/mol. The van der Waals surface area contributed by atoms with Crippen LogP contribution in [0.2, 0.25) is 0 Å². The maximum absolute atomic E-state index is 11.1. The van der Waals surface area contributed by atoms with Crippen LogP contribution < -0.4 is 82.2 Å². The van der Waals surface area contributed by atoms with Crippen LogP contribution in [0.4, 0.5) is 34.1 Å². The number of nitrogens with zero attached hydrogens (tertiary/aromatic N) is 4. The Morgan fingerprint density at radius 1 is 0.284 bits per heavy atom. The van der Waals surface area contributed by atoms with Crippen LogP contribution in [0.3, 0.4) is 0 Å². The van der Waals surface area contributed by atoms with Gasteiger partial charge in [0.2, 0.25) is 0 Å². The summed E-state index contributed by atoms with van der Waals surface area (Å²) in [6.07, 6.45) is 0.610. The first-order valence-electron chi connectivity index (χ1n) is 49.8. The molecule has 1 aliphatic rings. The van der Waals surface area contributed by atoms with E-state index in [-0.39, 0.29) is 57.7 Å². The number of carbonyl (C=O) groups excluding carboxylic acids is 1. The van der Waals surface area contributed by atoms with Crippen molar-refractivity contribution in [3.63, 3.8) is 0 Å². The normalized spacial score (nSPS) is 12.4. The number of aromatic nitrogens is 2. The standard InChI is InChI=1S/C57H40N2O3.C55H36N2O2.C19H18BrP.C4H9O.K/c1-4-13-53-49(8-1)50-9-2-5-14-54(50)59(53)47-34-32-46(33-35-47)58(45-30-26-42(27-31-45)48-11-7-12-52-51-10-3-6-15-55(51)62-56(48)52)44-28-24-41(25-29-44)39-18-16-38(17-19-39)40-20-22-43(23-21-40)57-60-36-37-61-57;58-36-37-16-18-38(19-17-37)39-20-22-40(23-21-39)41-24-28-43(29-25-41)56(44-30-26-42(27-31-44)47-11-7-12-51-50-10-3-6-15-54(50)59-55(47)51)45-32-34-46(35-33-45)57-52-13-4-1-8-48(52)49-9-2-5-14-53(49)57;1-21(20,17-11-5-2-6-12-17,18-13-7-3-8-14-18)19-15-9-4-10-16-19;1-4(2,3)5;/h1-35,57H,36-37H2;1-36H;2-16H,1H3;1-3H3;/q;;;-1;+1. The van der Waals surface area contributed by atoms with E-state index in [4.69, 9.17) is 18.3 Å². The molecule has 1 aliphatic heterocycles. The van der Waals surface area contributed by atoms with Crippen LogP contribution >= 0.6 is 20.8 Å². The van der Waals surface area contributed by atoms with Gasteiger partial charge < -0.3 is 42.3 Å². The topological polar surface area (TPSA) is 101 Å². The summed E-state index contributed by atoms with van der Waals surface area (Å²) in [4.78, 5) is 15.8. The van der Waals surface area contributed by atoms with E-state index in [2.05, 4.69) is 508 Å². The summed E-state index contributed by atoms with van der Waals surface area (Å²) >= 11 is 4.24. The van der Waals surface area contributed by atoms with Crippen LogP contribution in [0, 0.1) is 0 Å². The predicted octanol–water partition coefficient (Wildman–Crippen LogP) is 31.8. The van der Waals surface area contributed by atoms with Gasteiger partial charge in [0.05, 0.1) is 35.3 Å². The van der Waals surface area contributed by atoms with Crippen molar-refractivity contribution in [3.05, 3.63) is 527 Å². The van der Waals surface area contributed by atoms with Crippen LogP contribution in [-0.2, 0) is 9.47 Å². The van der Waals surface area contributed by atoms with E-state index in [1.807, 2.05) is 48.5 Å². The van der Waals surface area contributed by atoms with E-state index in [0.29, 0.717) is 18.8 Å². The second-order valence-corrected chi connectivity index (χ2v) is 48.1. The van der Waals surface area contributed by atoms with Gasteiger partial charge in [0.15, 0.2) is 6.29 Å². The van der Waals surface area contributed by atoms with Crippen LogP contribution in [0.5, 0.6) is 0 Å². The van der Waals surface area contributed by atoms with E-state index in [1.165, 1.54) is 65.1 Å². The van der Waals surface area contributed by atoms with Gasteiger partial charge in [0, 0.05) is 111 Å². The third kappa shape index (κ3) is 19.4. The molecule has 5 heterocycles. The van der Waals surface area contributed by atoms with Gasteiger partial charge in [-0.25, -0.2) is 0 Å².